The third-order valence-electron chi connectivity index (χ3n) is 2.74. The van der Waals surface area contributed by atoms with Gasteiger partial charge < -0.3 is 4.74 Å². The lowest BCUT2D eigenvalue weighted by Crippen LogP contribution is -2.25. The largest absolute Gasteiger partial charge is 0.465 e. The lowest BCUT2D eigenvalue weighted by atomic mass is 10.2. The molecule has 1 aliphatic rings. The number of nitrogens with zero attached hydrogens (tertiary/aromatic N) is 1. The van der Waals surface area contributed by atoms with Crippen LogP contribution in [0.5, 0.6) is 0 Å². The summed E-state index contributed by atoms with van der Waals surface area (Å²) in [7, 11) is -2.02. The number of methoxy groups -OCH3 is 1. The lowest BCUT2D eigenvalue weighted by molar-refractivity contribution is 0.0601. The molecule has 1 aromatic carbocycles. The van der Waals surface area contributed by atoms with Crippen molar-refractivity contribution in [2.45, 2.75) is 6.42 Å². The van der Waals surface area contributed by atoms with Crippen molar-refractivity contribution in [2.24, 2.45) is 0 Å². The van der Waals surface area contributed by atoms with Crippen molar-refractivity contribution in [2.75, 3.05) is 23.7 Å². The Labute approximate surface area is 110 Å². The normalized spacial score (nSPS) is 17.8. The molecule has 1 heterocycles. The Hall–Kier alpha value is -1.27. The van der Waals surface area contributed by atoms with Crippen LogP contribution in [0.25, 0.3) is 0 Å². The fraction of sp³-hybridized carbons (Fsp3) is 0.364. The summed E-state index contributed by atoms with van der Waals surface area (Å²) in [5, 5.41) is 0.238. The fourth-order valence-electron chi connectivity index (χ4n) is 1.86. The van der Waals surface area contributed by atoms with E-state index >= 15 is 0 Å². The highest BCUT2D eigenvalue weighted by atomic mass is 35.5. The van der Waals surface area contributed by atoms with Crippen LogP contribution in [0.2, 0.25) is 5.02 Å². The van der Waals surface area contributed by atoms with Gasteiger partial charge in [0, 0.05) is 6.54 Å². The maximum atomic E-state index is 11.8. The van der Waals surface area contributed by atoms with E-state index < -0.39 is 16.0 Å². The highest BCUT2D eigenvalue weighted by Gasteiger charge is 2.29. The number of esters is 1. The van der Waals surface area contributed by atoms with Crippen molar-refractivity contribution in [1.29, 1.82) is 0 Å². The van der Waals surface area contributed by atoms with Gasteiger partial charge in [0.2, 0.25) is 10.0 Å². The zero-order chi connectivity index (χ0) is 13.3. The molecule has 0 aromatic heterocycles. The predicted octanol–water partition coefficient (Wildman–Crippen LogP) is 1.67. The van der Waals surface area contributed by atoms with E-state index in [0.29, 0.717) is 18.7 Å². The van der Waals surface area contributed by atoms with Crippen LogP contribution in [-0.4, -0.2) is 33.8 Å². The first kappa shape index (κ1) is 13.2. The van der Waals surface area contributed by atoms with Crippen LogP contribution in [0.1, 0.15) is 16.8 Å². The Morgan fingerprint density at radius 2 is 2.17 bits per heavy atom. The summed E-state index contributed by atoms with van der Waals surface area (Å²) in [6.45, 7) is 0.421. The number of sulfonamides is 1. The molecule has 2 rings (SSSR count). The van der Waals surface area contributed by atoms with Crippen LogP contribution in [0.3, 0.4) is 0 Å². The van der Waals surface area contributed by atoms with E-state index in [1.54, 1.807) is 6.07 Å². The van der Waals surface area contributed by atoms with Crippen molar-refractivity contribution >= 4 is 33.3 Å². The molecule has 0 radical (unpaired) electrons. The second-order valence-electron chi connectivity index (χ2n) is 3.90. The molecule has 0 bridgehead atoms. The molecule has 18 heavy (non-hydrogen) atoms. The quantitative estimate of drug-likeness (QED) is 0.777. The molecule has 98 valence electrons. The van der Waals surface area contributed by atoms with E-state index in [1.807, 2.05) is 0 Å². The molecule has 0 amide bonds. The highest BCUT2D eigenvalue weighted by molar-refractivity contribution is 7.93. The minimum atomic E-state index is -3.26. The van der Waals surface area contributed by atoms with E-state index in [1.165, 1.54) is 23.5 Å². The summed E-state index contributed by atoms with van der Waals surface area (Å²) in [4.78, 5) is 11.5. The van der Waals surface area contributed by atoms with E-state index in [9.17, 15) is 13.2 Å². The molecule has 1 aromatic rings. The minimum absolute atomic E-state index is 0.128. The molecule has 7 heteroatoms. The Morgan fingerprint density at radius 1 is 1.44 bits per heavy atom. The zero-order valence-corrected chi connectivity index (χ0v) is 11.3. The molecular formula is C11H12ClNO4S. The van der Waals surface area contributed by atoms with Crippen LogP contribution < -0.4 is 4.31 Å². The molecule has 0 aliphatic carbocycles. The fourth-order valence-corrected chi connectivity index (χ4v) is 3.62. The number of halogens is 1. The summed E-state index contributed by atoms with van der Waals surface area (Å²) in [6.07, 6.45) is 0.582. The number of carbonyl (C=O) groups is 1. The summed E-state index contributed by atoms with van der Waals surface area (Å²) in [6, 6.07) is 4.52. The average Bonchev–Trinajstić information content (AvgIpc) is 2.69. The first-order valence-corrected chi connectivity index (χ1v) is 7.33. The Morgan fingerprint density at radius 3 is 2.72 bits per heavy atom. The van der Waals surface area contributed by atoms with Crippen LogP contribution >= 0.6 is 11.6 Å². The van der Waals surface area contributed by atoms with Gasteiger partial charge in [-0.2, -0.15) is 0 Å². The van der Waals surface area contributed by atoms with Gasteiger partial charge in [0.05, 0.1) is 29.1 Å². The van der Waals surface area contributed by atoms with Gasteiger partial charge >= 0.3 is 5.97 Å². The van der Waals surface area contributed by atoms with Crippen LogP contribution in [-0.2, 0) is 14.8 Å². The van der Waals surface area contributed by atoms with Gasteiger partial charge in [-0.05, 0) is 24.6 Å². The van der Waals surface area contributed by atoms with Crippen LogP contribution in [0, 0.1) is 0 Å². The molecule has 1 fully saturated rings. The standard InChI is InChI=1S/C11H12ClNO4S/c1-17-11(14)9-7-8(3-4-10(9)12)13-5-2-6-18(13,15)16/h3-4,7H,2,5-6H2,1H3. The number of rotatable bonds is 2. The molecule has 0 spiro atoms. The molecule has 1 saturated heterocycles. The Kier molecular flexibility index (Phi) is 3.49. The zero-order valence-electron chi connectivity index (χ0n) is 9.72. The highest BCUT2D eigenvalue weighted by Crippen LogP contribution is 2.28. The van der Waals surface area contributed by atoms with Crippen LogP contribution in [0.4, 0.5) is 5.69 Å². The molecule has 0 saturated carbocycles. The smallest absolute Gasteiger partial charge is 0.339 e. The average molecular weight is 290 g/mol. The molecule has 1 aliphatic heterocycles. The molecular weight excluding hydrogens is 278 g/mol. The molecule has 5 nitrogen and oxygen atoms in total. The second-order valence-corrected chi connectivity index (χ2v) is 6.32. The number of benzene rings is 1. The maximum absolute atomic E-state index is 11.8. The van der Waals surface area contributed by atoms with Crippen molar-refractivity contribution < 1.29 is 17.9 Å². The number of carbonyl (C=O) groups excluding carboxylic acids is 1. The second kappa shape index (κ2) is 4.78. The summed E-state index contributed by atoms with van der Waals surface area (Å²) >= 11 is 5.88. The van der Waals surface area contributed by atoms with Gasteiger partial charge in [0.15, 0.2) is 0 Å². The van der Waals surface area contributed by atoms with E-state index in [4.69, 9.17) is 11.6 Å². The molecule has 0 N–H and O–H groups in total. The summed E-state index contributed by atoms with van der Waals surface area (Å²) in [5.41, 5.74) is 0.607. The maximum Gasteiger partial charge on any atom is 0.339 e. The van der Waals surface area contributed by atoms with Gasteiger partial charge in [-0.1, -0.05) is 11.6 Å². The SMILES string of the molecule is COC(=O)c1cc(N2CCCS2(=O)=O)ccc1Cl. The number of hydrogen-bond acceptors (Lipinski definition) is 4. The van der Waals surface area contributed by atoms with Crippen molar-refractivity contribution in [1.82, 2.24) is 0 Å². The number of hydrogen-bond donors (Lipinski definition) is 0. The summed E-state index contributed by atoms with van der Waals surface area (Å²) < 4.78 is 29.4. The monoisotopic (exact) mass is 289 g/mol. The van der Waals surface area contributed by atoms with Crippen molar-refractivity contribution in [3.63, 3.8) is 0 Å². The van der Waals surface area contributed by atoms with Gasteiger partial charge in [-0.25, -0.2) is 13.2 Å². The van der Waals surface area contributed by atoms with Gasteiger partial charge in [-0.15, -0.1) is 0 Å². The molecule has 0 atom stereocenters. The topological polar surface area (TPSA) is 63.7 Å². The lowest BCUT2D eigenvalue weighted by Gasteiger charge is -2.17. The van der Waals surface area contributed by atoms with E-state index in [2.05, 4.69) is 4.74 Å². The van der Waals surface area contributed by atoms with Crippen molar-refractivity contribution in [3.05, 3.63) is 28.8 Å². The third-order valence-corrected chi connectivity index (χ3v) is 4.94. The van der Waals surface area contributed by atoms with E-state index in [-0.39, 0.29) is 16.3 Å². The Balaban J connectivity index is 2.45. The Bertz CT molecular complexity index is 585. The summed E-state index contributed by atoms with van der Waals surface area (Å²) in [5.74, 6) is -0.457. The number of ether oxygens (including phenoxy) is 1. The third kappa shape index (κ3) is 2.30. The van der Waals surface area contributed by atoms with Gasteiger partial charge in [0.1, 0.15) is 0 Å². The molecule has 0 unspecified atom stereocenters. The van der Waals surface area contributed by atoms with Gasteiger partial charge in [0.25, 0.3) is 0 Å². The first-order valence-electron chi connectivity index (χ1n) is 5.34. The first-order chi connectivity index (χ1) is 8.45. The minimum Gasteiger partial charge on any atom is -0.465 e. The van der Waals surface area contributed by atoms with Crippen LogP contribution in [0.15, 0.2) is 18.2 Å². The number of anilines is 1. The van der Waals surface area contributed by atoms with E-state index in [0.717, 1.165) is 0 Å². The van der Waals surface area contributed by atoms with Gasteiger partial charge in [-0.3, -0.25) is 4.31 Å². The van der Waals surface area contributed by atoms with Crippen molar-refractivity contribution in [3.8, 4) is 0 Å². The predicted molar refractivity (Wildman–Crippen MR) is 68.5 cm³/mol.